The van der Waals surface area contributed by atoms with Gasteiger partial charge in [0.05, 0.1) is 11.8 Å². The van der Waals surface area contributed by atoms with Crippen molar-refractivity contribution in [2.24, 2.45) is 0 Å². The third-order valence-electron chi connectivity index (χ3n) is 5.74. The van der Waals surface area contributed by atoms with Crippen molar-refractivity contribution in [3.05, 3.63) is 114 Å². The summed E-state index contributed by atoms with van der Waals surface area (Å²) in [7, 11) is 0. The molecule has 0 radical (unpaired) electrons. The van der Waals surface area contributed by atoms with Crippen LogP contribution in [-0.2, 0) is 17.7 Å². The number of aromatic nitrogens is 1. The first-order chi connectivity index (χ1) is 14.8. The van der Waals surface area contributed by atoms with Gasteiger partial charge in [-0.25, -0.2) is 0 Å². The topological polar surface area (TPSA) is 25.4 Å². The summed E-state index contributed by atoms with van der Waals surface area (Å²) in [6.07, 6.45) is 7.04. The van der Waals surface area contributed by atoms with Gasteiger partial charge in [-0.1, -0.05) is 66.7 Å². The van der Waals surface area contributed by atoms with Crippen molar-refractivity contribution >= 4 is 0 Å². The number of benzene rings is 2. The summed E-state index contributed by atoms with van der Waals surface area (Å²) in [6, 6.07) is 25.5. The molecule has 1 fully saturated rings. The van der Waals surface area contributed by atoms with Crippen molar-refractivity contribution in [1.82, 2.24) is 9.88 Å². The fraction of sp³-hybridized carbons (Fsp3) is 0.296. The van der Waals surface area contributed by atoms with Gasteiger partial charge in [-0.05, 0) is 48.1 Å². The quantitative estimate of drug-likeness (QED) is 0.463. The minimum Gasteiger partial charge on any atom is -0.365 e. The molecule has 30 heavy (non-hydrogen) atoms. The van der Waals surface area contributed by atoms with Gasteiger partial charge in [0.2, 0.25) is 0 Å². The molecular weight excluding hydrogens is 368 g/mol. The molecule has 1 atom stereocenters. The molecule has 1 aliphatic rings. The monoisotopic (exact) mass is 398 g/mol. The van der Waals surface area contributed by atoms with Gasteiger partial charge in [-0.2, -0.15) is 0 Å². The summed E-state index contributed by atoms with van der Waals surface area (Å²) in [5.41, 5.74) is 4.84. The van der Waals surface area contributed by atoms with E-state index in [4.69, 9.17) is 4.74 Å². The zero-order valence-electron chi connectivity index (χ0n) is 17.5. The third kappa shape index (κ3) is 5.44. The van der Waals surface area contributed by atoms with Crippen molar-refractivity contribution in [3.63, 3.8) is 0 Å². The number of piperidine rings is 1. The summed E-state index contributed by atoms with van der Waals surface area (Å²) in [4.78, 5) is 6.94. The Morgan fingerprint density at radius 1 is 0.933 bits per heavy atom. The number of hydrogen-bond acceptors (Lipinski definition) is 3. The van der Waals surface area contributed by atoms with Crippen LogP contribution < -0.4 is 0 Å². The van der Waals surface area contributed by atoms with Crippen LogP contribution in [0.3, 0.4) is 0 Å². The fourth-order valence-corrected chi connectivity index (χ4v) is 4.09. The standard InChI is InChI=1S/C27H30N2O/c1-2-8-22-12-14-24(15-13-22)27(23-9-4-3-5-10-23)30-26-16-19-29(20-17-26)21-25-11-6-7-18-28-25/h2-7,9-15,18,26-27H,1,8,16-17,19-21H2. The molecule has 154 valence electrons. The SMILES string of the molecule is C=CCc1ccc(C(OC2CCN(Cc3ccccn3)CC2)c2ccccc2)cc1. The molecule has 1 unspecified atom stereocenters. The highest BCUT2D eigenvalue weighted by atomic mass is 16.5. The molecule has 2 aromatic carbocycles. The summed E-state index contributed by atoms with van der Waals surface area (Å²) in [6.45, 7) is 6.84. The molecule has 0 amide bonds. The summed E-state index contributed by atoms with van der Waals surface area (Å²) in [5.74, 6) is 0. The Morgan fingerprint density at radius 3 is 2.30 bits per heavy atom. The van der Waals surface area contributed by atoms with Crippen LogP contribution in [0.1, 0.15) is 41.3 Å². The van der Waals surface area contributed by atoms with Crippen LogP contribution in [0.2, 0.25) is 0 Å². The number of hydrogen-bond donors (Lipinski definition) is 0. The van der Waals surface area contributed by atoms with Crippen LogP contribution >= 0.6 is 0 Å². The van der Waals surface area contributed by atoms with Gasteiger partial charge in [0, 0.05) is 25.8 Å². The Balaban J connectivity index is 1.42. The van der Waals surface area contributed by atoms with E-state index in [-0.39, 0.29) is 12.2 Å². The minimum atomic E-state index is -0.0312. The number of nitrogens with zero attached hydrogens (tertiary/aromatic N) is 2. The molecule has 0 aliphatic carbocycles. The van der Waals surface area contributed by atoms with Crippen molar-refractivity contribution in [2.75, 3.05) is 13.1 Å². The maximum Gasteiger partial charge on any atom is 0.108 e. The number of ether oxygens (including phenoxy) is 1. The number of allylic oxidation sites excluding steroid dienone is 1. The zero-order valence-corrected chi connectivity index (χ0v) is 17.5. The average Bonchev–Trinajstić information content (AvgIpc) is 2.81. The van der Waals surface area contributed by atoms with E-state index in [0.717, 1.165) is 44.6 Å². The van der Waals surface area contributed by atoms with Crippen LogP contribution in [0.4, 0.5) is 0 Å². The fourth-order valence-electron chi connectivity index (χ4n) is 4.09. The molecule has 1 aliphatic heterocycles. The normalized spacial score (nSPS) is 16.3. The highest BCUT2D eigenvalue weighted by molar-refractivity contribution is 5.32. The van der Waals surface area contributed by atoms with E-state index < -0.39 is 0 Å². The van der Waals surface area contributed by atoms with Gasteiger partial charge in [0.15, 0.2) is 0 Å². The Bertz CT molecular complexity index is 901. The van der Waals surface area contributed by atoms with Crippen molar-refractivity contribution < 1.29 is 4.74 Å². The van der Waals surface area contributed by atoms with E-state index in [1.807, 2.05) is 18.3 Å². The lowest BCUT2D eigenvalue weighted by Crippen LogP contribution is -2.37. The third-order valence-corrected chi connectivity index (χ3v) is 5.74. The van der Waals surface area contributed by atoms with E-state index in [9.17, 15) is 0 Å². The first-order valence-electron chi connectivity index (χ1n) is 10.8. The second-order valence-electron chi connectivity index (χ2n) is 7.96. The smallest absolute Gasteiger partial charge is 0.108 e. The molecule has 0 spiro atoms. The molecular formula is C27H30N2O. The average molecular weight is 399 g/mol. The predicted molar refractivity (Wildman–Crippen MR) is 122 cm³/mol. The second kappa shape index (κ2) is 10.3. The summed E-state index contributed by atoms with van der Waals surface area (Å²) < 4.78 is 6.70. The molecule has 3 aromatic rings. The van der Waals surface area contributed by atoms with Crippen molar-refractivity contribution in [1.29, 1.82) is 0 Å². The minimum absolute atomic E-state index is 0.0312. The molecule has 4 rings (SSSR count). The molecule has 3 nitrogen and oxygen atoms in total. The Labute approximate surface area is 180 Å². The van der Waals surface area contributed by atoms with Gasteiger partial charge in [-0.15, -0.1) is 6.58 Å². The molecule has 3 heteroatoms. The lowest BCUT2D eigenvalue weighted by Gasteiger charge is -2.34. The van der Waals surface area contributed by atoms with E-state index in [1.165, 1.54) is 16.7 Å². The maximum atomic E-state index is 6.70. The van der Waals surface area contributed by atoms with E-state index >= 15 is 0 Å². The van der Waals surface area contributed by atoms with Crippen LogP contribution in [0.25, 0.3) is 0 Å². The van der Waals surface area contributed by atoms with Crippen LogP contribution in [-0.4, -0.2) is 29.1 Å². The molecule has 2 heterocycles. The van der Waals surface area contributed by atoms with Gasteiger partial charge in [0.25, 0.3) is 0 Å². The van der Waals surface area contributed by atoms with Crippen LogP contribution in [0.15, 0.2) is 91.6 Å². The Hall–Kier alpha value is -2.75. The van der Waals surface area contributed by atoms with Crippen molar-refractivity contribution in [3.8, 4) is 0 Å². The molecule has 1 saturated heterocycles. The zero-order chi connectivity index (χ0) is 20.6. The van der Waals surface area contributed by atoms with Gasteiger partial charge < -0.3 is 4.74 Å². The van der Waals surface area contributed by atoms with E-state index in [0.29, 0.717) is 0 Å². The highest BCUT2D eigenvalue weighted by Gasteiger charge is 2.25. The van der Waals surface area contributed by atoms with Crippen LogP contribution in [0.5, 0.6) is 0 Å². The second-order valence-corrected chi connectivity index (χ2v) is 7.96. The predicted octanol–water partition coefficient (Wildman–Crippen LogP) is 5.58. The molecule has 0 N–H and O–H groups in total. The summed E-state index contributed by atoms with van der Waals surface area (Å²) in [5, 5.41) is 0. The molecule has 1 aromatic heterocycles. The van der Waals surface area contributed by atoms with Crippen molar-refractivity contribution in [2.45, 2.75) is 38.0 Å². The summed E-state index contributed by atoms with van der Waals surface area (Å²) >= 11 is 0. The maximum absolute atomic E-state index is 6.70. The van der Waals surface area contributed by atoms with E-state index in [1.54, 1.807) is 0 Å². The lowest BCUT2D eigenvalue weighted by atomic mass is 9.98. The number of likely N-dealkylation sites (tertiary alicyclic amines) is 1. The van der Waals surface area contributed by atoms with E-state index in [2.05, 4.69) is 83.2 Å². The molecule has 0 bridgehead atoms. The van der Waals surface area contributed by atoms with Gasteiger partial charge in [-0.3, -0.25) is 9.88 Å². The number of pyridine rings is 1. The first-order valence-corrected chi connectivity index (χ1v) is 10.8. The Morgan fingerprint density at radius 2 is 1.63 bits per heavy atom. The number of rotatable bonds is 8. The lowest BCUT2D eigenvalue weighted by molar-refractivity contribution is -0.0283. The Kier molecular flexibility index (Phi) is 7.07. The largest absolute Gasteiger partial charge is 0.365 e. The highest BCUT2D eigenvalue weighted by Crippen LogP contribution is 2.30. The van der Waals surface area contributed by atoms with Crippen LogP contribution in [0, 0.1) is 0 Å². The van der Waals surface area contributed by atoms with Gasteiger partial charge >= 0.3 is 0 Å². The molecule has 0 saturated carbocycles. The first kappa shape index (κ1) is 20.5. The van der Waals surface area contributed by atoms with Gasteiger partial charge in [0.1, 0.15) is 6.10 Å².